The molecule has 11 rings (SSSR count). The number of rotatable bonds is 2. The number of allylic oxidation sites excluding steroid dienone is 4. The van der Waals surface area contributed by atoms with Crippen molar-refractivity contribution >= 4 is 100 Å². The van der Waals surface area contributed by atoms with E-state index in [0.717, 1.165) is 54.6 Å². The van der Waals surface area contributed by atoms with Gasteiger partial charge in [0.2, 0.25) is 0 Å². The van der Waals surface area contributed by atoms with Gasteiger partial charge in [0.15, 0.2) is 46.4 Å². The van der Waals surface area contributed by atoms with Crippen molar-refractivity contribution in [1.29, 1.82) is 0 Å². The lowest BCUT2D eigenvalue weighted by Crippen LogP contribution is -2.24. The molecule has 0 atom stereocenters. The molecule has 4 aliphatic carbocycles. The molecule has 0 radical (unpaired) electrons. The molecule has 278 valence electrons. The molecule has 0 spiro atoms. The monoisotopic (exact) mass is 812 g/mol. The molecular formula is C46H24F4O4S3. The molecule has 57 heavy (non-hydrogen) atoms. The minimum absolute atomic E-state index is 0.0100. The first kappa shape index (κ1) is 34.6. The lowest BCUT2D eigenvalue weighted by Gasteiger charge is -2.29. The number of Topliss-reactive ketones (excluding diaryl/α,β-unsaturated/α-hetero) is 4. The summed E-state index contributed by atoms with van der Waals surface area (Å²) in [6.07, 6.45) is 5.34. The molecule has 7 aromatic rings. The van der Waals surface area contributed by atoms with Gasteiger partial charge in [-0.3, -0.25) is 19.2 Å². The zero-order chi connectivity index (χ0) is 39.8. The van der Waals surface area contributed by atoms with Crippen LogP contribution in [0.3, 0.4) is 0 Å². The minimum Gasteiger partial charge on any atom is -0.288 e. The fourth-order valence-corrected chi connectivity index (χ4v) is 13.8. The zero-order valence-electron chi connectivity index (χ0n) is 30.3. The normalized spacial score (nSPS) is 17.2. The molecule has 0 saturated heterocycles. The summed E-state index contributed by atoms with van der Waals surface area (Å²) >= 11 is 4.85. The smallest absolute Gasteiger partial charge is 0.197 e. The molecule has 4 nitrogen and oxygen atoms in total. The van der Waals surface area contributed by atoms with Crippen LogP contribution in [0.2, 0.25) is 0 Å². The van der Waals surface area contributed by atoms with E-state index in [1.165, 1.54) is 56.5 Å². The van der Waals surface area contributed by atoms with Crippen LogP contribution in [0.25, 0.3) is 52.9 Å². The van der Waals surface area contributed by atoms with Crippen LogP contribution in [-0.2, 0) is 10.8 Å². The highest BCUT2D eigenvalue weighted by Gasteiger charge is 2.49. The second-order valence-corrected chi connectivity index (χ2v) is 19.2. The van der Waals surface area contributed by atoms with Gasteiger partial charge in [-0.2, -0.15) is 0 Å². The first-order valence-corrected chi connectivity index (χ1v) is 20.4. The molecule has 3 aromatic heterocycles. The first-order valence-electron chi connectivity index (χ1n) is 18.0. The third kappa shape index (κ3) is 4.47. The Bertz CT molecular complexity index is 3180. The zero-order valence-corrected chi connectivity index (χ0v) is 32.7. The Morgan fingerprint density at radius 3 is 1.40 bits per heavy atom. The summed E-state index contributed by atoms with van der Waals surface area (Å²) < 4.78 is 58.1. The van der Waals surface area contributed by atoms with Crippen molar-refractivity contribution in [3.8, 4) is 9.75 Å². The highest BCUT2D eigenvalue weighted by molar-refractivity contribution is 7.32. The van der Waals surface area contributed by atoms with Crippen LogP contribution in [-0.4, -0.2) is 23.1 Å². The molecule has 0 bridgehead atoms. The summed E-state index contributed by atoms with van der Waals surface area (Å²) in [7, 11) is 0. The highest BCUT2D eigenvalue weighted by atomic mass is 32.1. The van der Waals surface area contributed by atoms with Crippen molar-refractivity contribution in [3.63, 3.8) is 0 Å². The lowest BCUT2D eigenvalue weighted by atomic mass is 9.73. The van der Waals surface area contributed by atoms with Gasteiger partial charge in [-0.15, -0.1) is 34.0 Å². The standard InChI is InChI=1S/C46H24F4O4S3/c1-45(2)21(13-27-38(51)23-5-17-9-29(47)30(48)10-18(17)6-24(23)39(27)52)14-33-35(45)36-43(56-33)44-37(46(36,3)4)42-34(57-44)16-22(55-42)15-28-40(53)25-7-19-11-31(49)32(50)12-20(19)8-26(25)41(28)54/h5-16H,1-4H3. The second-order valence-electron chi connectivity index (χ2n) is 16.0. The second kappa shape index (κ2) is 11.1. The molecule has 4 aliphatic rings. The van der Waals surface area contributed by atoms with Crippen molar-refractivity contribution in [3.05, 3.63) is 149 Å². The number of halogens is 4. The molecule has 0 amide bonds. The quantitative estimate of drug-likeness (QED) is 0.0990. The topological polar surface area (TPSA) is 68.3 Å². The minimum atomic E-state index is -1.03. The Labute approximate surface area is 333 Å². The Morgan fingerprint density at radius 2 is 0.930 bits per heavy atom. The number of hydrogen-bond donors (Lipinski definition) is 0. The summed E-state index contributed by atoms with van der Waals surface area (Å²) in [5.74, 6) is -5.91. The van der Waals surface area contributed by atoms with Gasteiger partial charge in [0.1, 0.15) is 0 Å². The van der Waals surface area contributed by atoms with E-state index in [1.54, 1.807) is 34.8 Å². The summed E-state index contributed by atoms with van der Waals surface area (Å²) in [6.45, 7) is 8.55. The number of carbonyl (C=O) groups excluding carboxylic acids is 4. The maximum atomic E-state index is 14.0. The molecule has 0 saturated carbocycles. The Morgan fingerprint density at radius 1 is 0.491 bits per heavy atom. The molecule has 11 heteroatoms. The number of fused-ring (bicyclic) bond motifs is 11. The van der Waals surface area contributed by atoms with E-state index in [2.05, 4.69) is 33.8 Å². The van der Waals surface area contributed by atoms with Gasteiger partial charge >= 0.3 is 0 Å². The van der Waals surface area contributed by atoms with Crippen molar-refractivity contribution in [1.82, 2.24) is 0 Å². The van der Waals surface area contributed by atoms with Crippen LogP contribution in [0.1, 0.15) is 95.6 Å². The average molecular weight is 813 g/mol. The van der Waals surface area contributed by atoms with E-state index < -0.39 is 57.2 Å². The van der Waals surface area contributed by atoms with E-state index >= 15 is 0 Å². The Balaban J connectivity index is 0.939. The maximum absolute atomic E-state index is 14.0. The predicted molar refractivity (Wildman–Crippen MR) is 217 cm³/mol. The van der Waals surface area contributed by atoms with Crippen LogP contribution in [0.5, 0.6) is 0 Å². The van der Waals surface area contributed by atoms with Crippen molar-refractivity contribution in [2.45, 2.75) is 38.5 Å². The lowest BCUT2D eigenvalue weighted by molar-refractivity contribution is 0.0974. The summed E-state index contributed by atoms with van der Waals surface area (Å²) in [5, 5.41) is 1.35. The predicted octanol–water partition coefficient (Wildman–Crippen LogP) is 12.3. The number of benzene rings is 4. The molecule has 0 fully saturated rings. The van der Waals surface area contributed by atoms with Crippen molar-refractivity contribution < 1.29 is 36.7 Å². The molecular weight excluding hydrogens is 789 g/mol. The van der Waals surface area contributed by atoms with Gasteiger partial charge < -0.3 is 0 Å². The summed E-state index contributed by atoms with van der Waals surface area (Å²) in [5.41, 5.74) is 4.01. The van der Waals surface area contributed by atoms with Gasteiger partial charge in [-0.05, 0) is 117 Å². The third-order valence-electron chi connectivity index (χ3n) is 12.0. The van der Waals surface area contributed by atoms with Gasteiger partial charge in [0.05, 0.1) is 20.7 Å². The molecule has 0 N–H and O–H groups in total. The molecule has 3 heterocycles. The number of ketones is 4. The van der Waals surface area contributed by atoms with Crippen molar-refractivity contribution in [2.75, 3.05) is 0 Å². The fourth-order valence-electron chi connectivity index (χ4n) is 9.13. The van der Waals surface area contributed by atoms with Crippen LogP contribution in [0, 0.1) is 23.3 Å². The van der Waals surface area contributed by atoms with E-state index in [-0.39, 0.29) is 33.4 Å². The number of hydrogen-bond acceptors (Lipinski definition) is 7. The van der Waals surface area contributed by atoms with E-state index in [9.17, 15) is 36.7 Å². The van der Waals surface area contributed by atoms with Gasteiger partial charge in [0, 0.05) is 52.4 Å². The van der Waals surface area contributed by atoms with E-state index in [1.807, 2.05) is 6.07 Å². The summed E-state index contributed by atoms with van der Waals surface area (Å²) in [6, 6.07) is 11.9. The van der Waals surface area contributed by atoms with Crippen LogP contribution in [0.4, 0.5) is 17.6 Å². The van der Waals surface area contributed by atoms with Gasteiger partial charge in [0.25, 0.3) is 0 Å². The Hall–Kier alpha value is -5.62. The third-order valence-corrected chi connectivity index (χ3v) is 15.6. The Kier molecular flexibility index (Phi) is 6.72. The molecule has 0 unspecified atom stereocenters. The van der Waals surface area contributed by atoms with Gasteiger partial charge in [-0.1, -0.05) is 27.7 Å². The average Bonchev–Trinajstić information content (AvgIpc) is 3.98. The fraction of sp³-hybridized carbons (Fsp3) is 0.130. The summed E-state index contributed by atoms with van der Waals surface area (Å²) in [4.78, 5) is 58.5. The largest absolute Gasteiger partial charge is 0.288 e. The van der Waals surface area contributed by atoms with Crippen LogP contribution in [0.15, 0.2) is 77.4 Å². The number of thiophene rings is 3. The van der Waals surface area contributed by atoms with Gasteiger partial charge in [-0.25, -0.2) is 17.6 Å². The highest BCUT2D eigenvalue weighted by Crippen LogP contribution is 2.64. The van der Waals surface area contributed by atoms with Crippen LogP contribution >= 0.6 is 34.0 Å². The van der Waals surface area contributed by atoms with E-state index in [4.69, 9.17) is 0 Å². The van der Waals surface area contributed by atoms with Crippen LogP contribution < -0.4 is 0 Å². The van der Waals surface area contributed by atoms with Crippen molar-refractivity contribution in [2.24, 2.45) is 0 Å². The molecule has 4 aromatic carbocycles. The first-order chi connectivity index (χ1) is 27.0. The van der Waals surface area contributed by atoms with E-state index in [0.29, 0.717) is 21.5 Å². The maximum Gasteiger partial charge on any atom is 0.197 e. The number of carbonyl (C=O) groups is 4. The SMILES string of the molecule is CC1(C)C(C=C2C(=O)c3cc4cc(F)c(F)cc4cc3C2=O)=Cc2sc3c(c21)C(C)(C)c1c-3sc2cc(C=C3C(=O)c4cc5cc(F)c(F)cc5cc4C3=O)sc12. The molecule has 0 aliphatic heterocycles.